The molecule has 0 radical (unpaired) electrons. The van der Waals surface area contributed by atoms with Gasteiger partial charge in [0.1, 0.15) is 5.76 Å². The predicted octanol–water partition coefficient (Wildman–Crippen LogP) is 3.16. The van der Waals surface area contributed by atoms with Crippen molar-refractivity contribution in [2.45, 2.75) is 19.9 Å². The minimum Gasteiger partial charge on any atom is -0.451 e. The molecule has 0 bridgehead atoms. The van der Waals surface area contributed by atoms with Gasteiger partial charge >= 0.3 is 0 Å². The first kappa shape index (κ1) is 16.2. The minimum absolute atomic E-state index is 0.0815. The first-order valence-corrected chi connectivity index (χ1v) is 7.69. The van der Waals surface area contributed by atoms with E-state index in [2.05, 4.69) is 43.7 Å². The van der Waals surface area contributed by atoms with E-state index in [1.807, 2.05) is 13.0 Å². The Labute approximate surface area is 125 Å². The SMILES string of the molecule is CCOCCN(CC)C(CN)c1cc(Br)c(Br)o1. The van der Waals surface area contributed by atoms with Crippen molar-refractivity contribution in [3.05, 3.63) is 21.0 Å². The normalized spacial score (nSPS) is 13.2. The van der Waals surface area contributed by atoms with Crippen LogP contribution in [0.3, 0.4) is 0 Å². The average molecular weight is 384 g/mol. The Kier molecular flexibility index (Phi) is 7.48. The summed E-state index contributed by atoms with van der Waals surface area (Å²) < 4.78 is 12.7. The highest BCUT2D eigenvalue weighted by atomic mass is 79.9. The summed E-state index contributed by atoms with van der Waals surface area (Å²) in [6.07, 6.45) is 0. The molecule has 0 aromatic carbocycles. The van der Waals surface area contributed by atoms with Crippen molar-refractivity contribution in [2.24, 2.45) is 5.73 Å². The maximum atomic E-state index is 5.87. The molecule has 0 saturated heterocycles. The molecule has 0 fully saturated rings. The van der Waals surface area contributed by atoms with E-state index < -0.39 is 0 Å². The van der Waals surface area contributed by atoms with Gasteiger partial charge in [0, 0.05) is 19.7 Å². The number of nitrogens with two attached hydrogens (primary N) is 1. The molecule has 1 aromatic heterocycles. The summed E-state index contributed by atoms with van der Waals surface area (Å²) in [5, 5.41) is 0. The fraction of sp³-hybridized carbons (Fsp3) is 0.667. The van der Waals surface area contributed by atoms with Gasteiger partial charge in [0.25, 0.3) is 0 Å². The average Bonchev–Trinajstić information content (AvgIpc) is 2.68. The zero-order valence-corrected chi connectivity index (χ0v) is 14.0. The summed E-state index contributed by atoms with van der Waals surface area (Å²) in [6, 6.07) is 2.04. The number of likely N-dealkylation sites (N-methyl/N-ethyl adjacent to an activating group) is 1. The summed E-state index contributed by atoms with van der Waals surface area (Å²) >= 11 is 6.77. The van der Waals surface area contributed by atoms with Crippen LogP contribution in [0.5, 0.6) is 0 Å². The number of rotatable bonds is 8. The molecule has 1 unspecified atom stereocenters. The molecule has 6 heteroatoms. The molecule has 0 amide bonds. The lowest BCUT2D eigenvalue weighted by Crippen LogP contribution is -2.35. The molecule has 0 aliphatic heterocycles. The van der Waals surface area contributed by atoms with Crippen molar-refractivity contribution < 1.29 is 9.15 Å². The first-order chi connectivity index (χ1) is 8.63. The van der Waals surface area contributed by atoms with Crippen LogP contribution in [-0.4, -0.2) is 37.7 Å². The second kappa shape index (κ2) is 8.32. The maximum absolute atomic E-state index is 5.87. The lowest BCUT2D eigenvalue weighted by Gasteiger charge is -2.28. The molecule has 1 rings (SSSR count). The summed E-state index contributed by atoms with van der Waals surface area (Å²) in [7, 11) is 0. The fourth-order valence-electron chi connectivity index (χ4n) is 1.83. The molecular formula is C12H20Br2N2O2. The summed E-state index contributed by atoms with van der Waals surface area (Å²) in [4.78, 5) is 2.26. The highest BCUT2D eigenvalue weighted by Crippen LogP contribution is 2.31. The number of furan rings is 1. The van der Waals surface area contributed by atoms with Crippen LogP contribution < -0.4 is 5.73 Å². The molecule has 1 atom stereocenters. The van der Waals surface area contributed by atoms with Crippen LogP contribution in [-0.2, 0) is 4.74 Å². The van der Waals surface area contributed by atoms with Gasteiger partial charge in [-0.25, -0.2) is 0 Å². The van der Waals surface area contributed by atoms with Crippen LogP contribution in [0.2, 0.25) is 0 Å². The third kappa shape index (κ3) is 4.35. The quantitative estimate of drug-likeness (QED) is 0.700. The summed E-state index contributed by atoms with van der Waals surface area (Å²) in [5.74, 6) is 0.870. The van der Waals surface area contributed by atoms with Gasteiger partial charge in [-0.1, -0.05) is 6.92 Å². The fourth-order valence-corrected chi connectivity index (χ4v) is 2.44. The number of hydrogen-bond acceptors (Lipinski definition) is 4. The molecule has 1 aromatic rings. The van der Waals surface area contributed by atoms with Gasteiger partial charge in [-0.2, -0.15) is 0 Å². The molecule has 1 heterocycles. The Balaban J connectivity index is 2.72. The molecule has 4 nitrogen and oxygen atoms in total. The second-order valence-electron chi connectivity index (χ2n) is 3.85. The summed E-state index contributed by atoms with van der Waals surface area (Å²) in [6.45, 7) is 7.84. The standard InChI is InChI=1S/C12H20Br2N2O2/c1-3-16(5-6-17-4-2)10(8-15)11-7-9(13)12(14)18-11/h7,10H,3-6,8,15H2,1-2H3. The van der Waals surface area contributed by atoms with E-state index in [9.17, 15) is 0 Å². The predicted molar refractivity (Wildman–Crippen MR) is 79.6 cm³/mol. The van der Waals surface area contributed by atoms with Gasteiger partial charge in [0.15, 0.2) is 4.67 Å². The van der Waals surface area contributed by atoms with Crippen molar-refractivity contribution in [3.63, 3.8) is 0 Å². The Morgan fingerprint density at radius 3 is 2.61 bits per heavy atom. The van der Waals surface area contributed by atoms with E-state index in [1.165, 1.54) is 0 Å². The van der Waals surface area contributed by atoms with Crippen LogP contribution >= 0.6 is 31.9 Å². The van der Waals surface area contributed by atoms with Crippen molar-refractivity contribution in [3.8, 4) is 0 Å². The van der Waals surface area contributed by atoms with Gasteiger partial charge in [0.05, 0.1) is 17.1 Å². The molecule has 0 spiro atoms. The van der Waals surface area contributed by atoms with Gasteiger partial charge in [-0.3, -0.25) is 4.90 Å². The highest BCUT2D eigenvalue weighted by Gasteiger charge is 2.22. The number of hydrogen-bond donors (Lipinski definition) is 1. The van der Waals surface area contributed by atoms with Crippen LogP contribution in [0.25, 0.3) is 0 Å². The van der Waals surface area contributed by atoms with Crippen molar-refractivity contribution in [2.75, 3.05) is 32.8 Å². The topological polar surface area (TPSA) is 51.6 Å². The van der Waals surface area contributed by atoms with Crippen molar-refractivity contribution >= 4 is 31.9 Å². The van der Waals surface area contributed by atoms with Crippen LogP contribution in [0, 0.1) is 0 Å². The third-order valence-corrected chi connectivity index (χ3v) is 4.50. The van der Waals surface area contributed by atoms with Gasteiger partial charge in [0.2, 0.25) is 0 Å². The molecule has 0 saturated carbocycles. The second-order valence-corrected chi connectivity index (χ2v) is 5.42. The lowest BCUT2D eigenvalue weighted by atomic mass is 10.2. The van der Waals surface area contributed by atoms with Crippen LogP contribution in [0.4, 0.5) is 0 Å². The summed E-state index contributed by atoms with van der Waals surface area (Å²) in [5.41, 5.74) is 5.87. The molecule has 0 aliphatic carbocycles. The molecule has 18 heavy (non-hydrogen) atoms. The minimum atomic E-state index is 0.0815. The maximum Gasteiger partial charge on any atom is 0.183 e. The van der Waals surface area contributed by atoms with E-state index in [1.54, 1.807) is 0 Å². The first-order valence-electron chi connectivity index (χ1n) is 6.10. The van der Waals surface area contributed by atoms with Gasteiger partial charge in [-0.05, 0) is 51.4 Å². The number of ether oxygens (including phenoxy) is 1. The Hall–Kier alpha value is 0.120. The van der Waals surface area contributed by atoms with Crippen molar-refractivity contribution in [1.29, 1.82) is 0 Å². The van der Waals surface area contributed by atoms with Crippen LogP contribution in [0.15, 0.2) is 19.6 Å². The van der Waals surface area contributed by atoms with E-state index >= 15 is 0 Å². The Morgan fingerprint density at radius 2 is 2.17 bits per heavy atom. The number of nitrogens with zero attached hydrogens (tertiary/aromatic N) is 1. The molecule has 2 N–H and O–H groups in total. The van der Waals surface area contributed by atoms with E-state index in [-0.39, 0.29) is 6.04 Å². The molecular weight excluding hydrogens is 364 g/mol. The Morgan fingerprint density at radius 1 is 1.44 bits per heavy atom. The third-order valence-electron chi connectivity index (χ3n) is 2.79. The van der Waals surface area contributed by atoms with Gasteiger partial charge in [-0.15, -0.1) is 0 Å². The zero-order valence-electron chi connectivity index (χ0n) is 10.8. The van der Waals surface area contributed by atoms with Crippen molar-refractivity contribution in [1.82, 2.24) is 4.90 Å². The van der Waals surface area contributed by atoms with E-state index in [0.717, 1.165) is 29.9 Å². The Bertz CT molecular complexity index is 338. The van der Waals surface area contributed by atoms with Gasteiger partial charge < -0.3 is 14.9 Å². The van der Waals surface area contributed by atoms with E-state index in [4.69, 9.17) is 14.9 Å². The molecule has 0 aliphatic rings. The smallest absolute Gasteiger partial charge is 0.183 e. The number of halogens is 2. The lowest BCUT2D eigenvalue weighted by molar-refractivity contribution is 0.0924. The largest absolute Gasteiger partial charge is 0.451 e. The highest BCUT2D eigenvalue weighted by molar-refractivity contribution is 9.13. The van der Waals surface area contributed by atoms with E-state index in [0.29, 0.717) is 17.8 Å². The zero-order chi connectivity index (χ0) is 13.5. The molecule has 104 valence electrons. The monoisotopic (exact) mass is 382 g/mol. The van der Waals surface area contributed by atoms with Crippen LogP contribution in [0.1, 0.15) is 25.6 Å².